The molecule has 0 fully saturated rings. The van der Waals surface area contributed by atoms with Gasteiger partial charge in [0.1, 0.15) is 22.4 Å². The van der Waals surface area contributed by atoms with Crippen molar-refractivity contribution in [3.8, 4) is 22.8 Å². The summed E-state index contributed by atoms with van der Waals surface area (Å²) in [7, 11) is 1.56. The summed E-state index contributed by atoms with van der Waals surface area (Å²) in [5, 5.41) is 10.5. The zero-order chi connectivity index (χ0) is 37.0. The molecule has 1 unspecified atom stereocenters. The molecule has 1 atom stereocenters. The number of thioether (sulfide) groups is 1. The molecule has 3 amide bonds. The molecule has 5 aromatic carbocycles. The molecule has 0 saturated heterocycles. The number of hydrogen-bond donors (Lipinski definition) is 3. The lowest BCUT2D eigenvalue weighted by Gasteiger charge is -2.17. The second-order valence-electron chi connectivity index (χ2n) is 11.5. The fourth-order valence-electron chi connectivity index (χ4n) is 5.22. The number of ether oxygens (including phenoxy) is 2. The summed E-state index contributed by atoms with van der Waals surface area (Å²) in [6.45, 7) is 2.53. The van der Waals surface area contributed by atoms with Gasteiger partial charge in [0.25, 0.3) is 11.8 Å². The molecule has 0 saturated carbocycles. The van der Waals surface area contributed by atoms with Crippen LogP contribution in [0.1, 0.15) is 33.7 Å². The number of carbonyl (C=O) groups excluding carboxylic acids is 3. The van der Waals surface area contributed by atoms with Crippen LogP contribution < -0.4 is 25.4 Å². The van der Waals surface area contributed by atoms with Gasteiger partial charge < -0.3 is 25.4 Å². The monoisotopic (exact) mass is 740 g/mol. The third-order valence-corrected chi connectivity index (χ3v) is 9.86. The number of hydrogen-bond acceptors (Lipinski definition) is 8. The van der Waals surface area contributed by atoms with Crippen molar-refractivity contribution in [3.05, 3.63) is 161 Å². The average molecular weight is 741 g/mol. The van der Waals surface area contributed by atoms with Gasteiger partial charge in [-0.15, -0.1) is 23.1 Å². The van der Waals surface area contributed by atoms with Crippen LogP contribution in [0.15, 0.2) is 149 Å². The van der Waals surface area contributed by atoms with Crippen molar-refractivity contribution in [3.63, 3.8) is 0 Å². The highest BCUT2D eigenvalue weighted by Gasteiger charge is 2.24. The van der Waals surface area contributed by atoms with E-state index in [0.29, 0.717) is 34.3 Å². The number of aromatic nitrogens is 1. The van der Waals surface area contributed by atoms with Crippen molar-refractivity contribution in [2.75, 3.05) is 24.4 Å². The number of amides is 3. The molecular weight excluding hydrogens is 705 g/mol. The minimum Gasteiger partial charge on any atom is -0.497 e. The standard InChI is InChI=1S/C42H36N4O5S2/c1-3-51-33-21-17-29(18-22-33)37-27-52-42(45-37)46-41(49)38(30-12-6-4-7-13-30)53-35-23-19-32(20-24-35)43-40(48)36(26-28-11-10-16-34(25-28)50-2)44-39(47)31-14-8-5-9-15-31/h4-27,38H,3H2,1-2H3,(H,43,48)(H,44,47)(H,45,46,49)/b36-26-. The van der Waals surface area contributed by atoms with Crippen LogP contribution in [0.3, 0.4) is 0 Å². The van der Waals surface area contributed by atoms with Gasteiger partial charge in [0.05, 0.1) is 19.4 Å². The zero-order valence-electron chi connectivity index (χ0n) is 28.9. The Kier molecular flexibility index (Phi) is 12.3. The smallest absolute Gasteiger partial charge is 0.272 e. The van der Waals surface area contributed by atoms with E-state index in [4.69, 9.17) is 9.47 Å². The van der Waals surface area contributed by atoms with E-state index in [1.807, 2.05) is 91.2 Å². The highest BCUT2D eigenvalue weighted by atomic mass is 32.2. The number of thiazole rings is 1. The van der Waals surface area contributed by atoms with Crippen molar-refractivity contribution in [1.29, 1.82) is 0 Å². The number of nitrogens with zero attached hydrogens (tertiary/aromatic N) is 1. The van der Waals surface area contributed by atoms with E-state index in [1.165, 1.54) is 23.1 Å². The van der Waals surface area contributed by atoms with Gasteiger partial charge in [0.2, 0.25) is 5.91 Å². The van der Waals surface area contributed by atoms with E-state index >= 15 is 0 Å². The number of methoxy groups -OCH3 is 1. The van der Waals surface area contributed by atoms with Gasteiger partial charge in [-0.2, -0.15) is 0 Å². The highest BCUT2D eigenvalue weighted by Crippen LogP contribution is 2.37. The molecule has 0 bridgehead atoms. The number of rotatable bonds is 14. The van der Waals surface area contributed by atoms with Crippen molar-refractivity contribution >= 4 is 57.7 Å². The molecule has 0 aliphatic heterocycles. The van der Waals surface area contributed by atoms with Gasteiger partial charge in [-0.3, -0.25) is 14.4 Å². The Balaban J connectivity index is 1.16. The van der Waals surface area contributed by atoms with Crippen LogP contribution in [0.4, 0.5) is 10.8 Å². The first-order valence-corrected chi connectivity index (χ1v) is 18.5. The predicted octanol–water partition coefficient (Wildman–Crippen LogP) is 9.10. The van der Waals surface area contributed by atoms with Gasteiger partial charge in [-0.05, 0) is 96.9 Å². The fraction of sp³-hybridized carbons (Fsp3) is 0.0952. The molecule has 266 valence electrons. The molecule has 9 nitrogen and oxygen atoms in total. The number of anilines is 2. The quantitative estimate of drug-likeness (QED) is 0.0753. The van der Waals surface area contributed by atoms with Crippen LogP contribution in [0.25, 0.3) is 17.3 Å². The van der Waals surface area contributed by atoms with E-state index in [1.54, 1.807) is 67.8 Å². The summed E-state index contributed by atoms with van der Waals surface area (Å²) in [5.41, 5.74) is 4.17. The summed E-state index contributed by atoms with van der Waals surface area (Å²) >= 11 is 2.74. The highest BCUT2D eigenvalue weighted by molar-refractivity contribution is 8.00. The molecule has 3 N–H and O–H groups in total. The molecule has 6 rings (SSSR count). The Morgan fingerprint density at radius 2 is 1.53 bits per heavy atom. The van der Waals surface area contributed by atoms with Gasteiger partial charge in [-0.1, -0.05) is 60.7 Å². The molecule has 1 aromatic heterocycles. The Hall–Kier alpha value is -6.17. The van der Waals surface area contributed by atoms with Gasteiger partial charge in [-0.25, -0.2) is 4.98 Å². The lowest BCUT2D eigenvalue weighted by atomic mass is 10.1. The maximum atomic E-state index is 13.8. The molecular formula is C42H36N4O5S2. The maximum absolute atomic E-state index is 13.8. The normalized spacial score (nSPS) is 11.6. The van der Waals surface area contributed by atoms with Gasteiger partial charge >= 0.3 is 0 Å². The summed E-state index contributed by atoms with van der Waals surface area (Å²) in [6, 6.07) is 40.3. The summed E-state index contributed by atoms with van der Waals surface area (Å²) < 4.78 is 10.9. The molecule has 0 radical (unpaired) electrons. The number of carbonyl (C=O) groups is 3. The lowest BCUT2D eigenvalue weighted by molar-refractivity contribution is -0.116. The molecule has 0 aliphatic carbocycles. The summed E-state index contributed by atoms with van der Waals surface area (Å²) in [5.74, 6) is 0.261. The molecule has 53 heavy (non-hydrogen) atoms. The second kappa shape index (κ2) is 17.9. The largest absolute Gasteiger partial charge is 0.497 e. The minimum absolute atomic E-state index is 0.0549. The van der Waals surface area contributed by atoms with Crippen molar-refractivity contribution in [2.45, 2.75) is 17.1 Å². The van der Waals surface area contributed by atoms with E-state index in [9.17, 15) is 14.4 Å². The maximum Gasteiger partial charge on any atom is 0.272 e. The minimum atomic E-state index is -0.583. The summed E-state index contributed by atoms with van der Waals surface area (Å²) in [6.07, 6.45) is 1.59. The molecule has 6 aromatic rings. The Morgan fingerprint density at radius 3 is 2.23 bits per heavy atom. The van der Waals surface area contributed by atoms with Crippen LogP contribution >= 0.6 is 23.1 Å². The fourth-order valence-corrected chi connectivity index (χ4v) is 6.96. The van der Waals surface area contributed by atoms with Gasteiger partial charge in [0, 0.05) is 27.1 Å². The lowest BCUT2D eigenvalue weighted by Crippen LogP contribution is -2.30. The Labute approximate surface area is 316 Å². The molecule has 1 heterocycles. The second-order valence-corrected chi connectivity index (χ2v) is 13.6. The first-order valence-electron chi connectivity index (χ1n) is 16.7. The molecule has 0 aliphatic rings. The van der Waals surface area contributed by atoms with E-state index in [-0.39, 0.29) is 11.6 Å². The first kappa shape index (κ1) is 36.6. The van der Waals surface area contributed by atoms with E-state index in [2.05, 4.69) is 20.9 Å². The third-order valence-electron chi connectivity index (χ3n) is 7.84. The van der Waals surface area contributed by atoms with Crippen molar-refractivity contribution < 1.29 is 23.9 Å². The Morgan fingerprint density at radius 1 is 0.811 bits per heavy atom. The zero-order valence-corrected chi connectivity index (χ0v) is 30.6. The molecule has 11 heteroatoms. The number of nitrogens with one attached hydrogen (secondary N) is 3. The topological polar surface area (TPSA) is 119 Å². The number of benzene rings is 5. The first-order chi connectivity index (χ1) is 25.9. The predicted molar refractivity (Wildman–Crippen MR) is 212 cm³/mol. The van der Waals surface area contributed by atoms with Gasteiger partial charge in [0.15, 0.2) is 5.13 Å². The third kappa shape index (κ3) is 10.0. The van der Waals surface area contributed by atoms with Crippen LogP contribution in [0.2, 0.25) is 0 Å². The molecule has 0 spiro atoms. The van der Waals surface area contributed by atoms with Crippen molar-refractivity contribution in [2.24, 2.45) is 0 Å². The van der Waals surface area contributed by atoms with E-state index < -0.39 is 17.1 Å². The van der Waals surface area contributed by atoms with Crippen molar-refractivity contribution in [1.82, 2.24) is 10.3 Å². The van der Waals surface area contributed by atoms with Crippen LogP contribution in [-0.4, -0.2) is 36.4 Å². The Bertz CT molecular complexity index is 2190. The van der Waals surface area contributed by atoms with Crippen LogP contribution in [-0.2, 0) is 9.59 Å². The van der Waals surface area contributed by atoms with E-state index in [0.717, 1.165) is 27.5 Å². The average Bonchev–Trinajstić information content (AvgIpc) is 3.66. The van der Waals surface area contributed by atoms with Crippen LogP contribution in [0.5, 0.6) is 11.5 Å². The summed E-state index contributed by atoms with van der Waals surface area (Å²) in [4.78, 5) is 45.9. The SMILES string of the molecule is CCOc1ccc(-c2csc(NC(=O)C(Sc3ccc(NC(=O)/C(=C/c4cccc(OC)c4)NC(=O)c4ccccc4)cc3)c3ccccc3)n2)cc1. The van der Waals surface area contributed by atoms with Crippen LogP contribution in [0, 0.1) is 0 Å².